The van der Waals surface area contributed by atoms with Gasteiger partial charge in [-0.3, -0.25) is 14.4 Å². The SMILES string of the molecule is CCc1ccc(N2C[C@@H](C(=O)Nc3ccccc3C(=O)NCc3ccccc3OC)CC2=O)cc1. The van der Waals surface area contributed by atoms with Gasteiger partial charge in [0.05, 0.1) is 24.3 Å². The molecule has 0 aromatic heterocycles. The first-order chi connectivity index (χ1) is 17.0. The van der Waals surface area contributed by atoms with E-state index in [1.165, 1.54) is 5.56 Å². The fourth-order valence-corrected chi connectivity index (χ4v) is 4.19. The number of amides is 3. The van der Waals surface area contributed by atoms with Crippen LogP contribution in [-0.4, -0.2) is 31.4 Å². The zero-order chi connectivity index (χ0) is 24.8. The van der Waals surface area contributed by atoms with E-state index in [2.05, 4.69) is 17.6 Å². The number of hydrogen-bond donors (Lipinski definition) is 2. The topological polar surface area (TPSA) is 87.7 Å². The molecule has 3 aromatic carbocycles. The molecule has 1 heterocycles. The summed E-state index contributed by atoms with van der Waals surface area (Å²) in [7, 11) is 1.58. The van der Waals surface area contributed by atoms with Gasteiger partial charge in [-0.05, 0) is 42.3 Å². The van der Waals surface area contributed by atoms with Crippen LogP contribution in [0.5, 0.6) is 5.75 Å². The Bertz CT molecular complexity index is 1220. The predicted molar refractivity (Wildman–Crippen MR) is 136 cm³/mol. The molecule has 4 rings (SSSR count). The summed E-state index contributed by atoms with van der Waals surface area (Å²) in [6, 6.07) is 22.1. The summed E-state index contributed by atoms with van der Waals surface area (Å²) >= 11 is 0. The minimum atomic E-state index is -0.502. The van der Waals surface area contributed by atoms with Crippen molar-refractivity contribution in [2.24, 2.45) is 5.92 Å². The van der Waals surface area contributed by atoms with Crippen molar-refractivity contribution >= 4 is 29.1 Å². The van der Waals surface area contributed by atoms with Gasteiger partial charge in [0.1, 0.15) is 5.75 Å². The summed E-state index contributed by atoms with van der Waals surface area (Å²) in [5.41, 5.74) is 3.59. The van der Waals surface area contributed by atoms with E-state index in [1.54, 1.807) is 36.3 Å². The Kier molecular flexibility index (Phi) is 7.45. The quantitative estimate of drug-likeness (QED) is 0.516. The molecule has 0 spiro atoms. The molecular formula is C28H29N3O4. The van der Waals surface area contributed by atoms with E-state index in [0.29, 0.717) is 23.5 Å². The lowest BCUT2D eigenvalue weighted by Crippen LogP contribution is -2.29. The lowest BCUT2D eigenvalue weighted by atomic mass is 10.1. The van der Waals surface area contributed by atoms with Gasteiger partial charge in [0, 0.05) is 30.8 Å². The van der Waals surface area contributed by atoms with Crippen LogP contribution in [0.4, 0.5) is 11.4 Å². The Hall–Kier alpha value is -4.13. The van der Waals surface area contributed by atoms with Crippen LogP contribution in [0.2, 0.25) is 0 Å². The molecule has 1 aliphatic heterocycles. The van der Waals surface area contributed by atoms with Crippen LogP contribution >= 0.6 is 0 Å². The number of methoxy groups -OCH3 is 1. The molecule has 0 saturated carbocycles. The van der Waals surface area contributed by atoms with Crippen molar-refractivity contribution < 1.29 is 19.1 Å². The van der Waals surface area contributed by atoms with Crippen LogP contribution < -0.4 is 20.3 Å². The molecule has 3 aromatic rings. The molecule has 0 radical (unpaired) electrons. The van der Waals surface area contributed by atoms with Crippen LogP contribution in [0, 0.1) is 5.92 Å². The van der Waals surface area contributed by atoms with Crippen LogP contribution in [0.3, 0.4) is 0 Å². The fourth-order valence-electron chi connectivity index (χ4n) is 4.19. The second kappa shape index (κ2) is 10.9. The summed E-state index contributed by atoms with van der Waals surface area (Å²) in [5, 5.41) is 5.75. The maximum absolute atomic E-state index is 13.0. The summed E-state index contributed by atoms with van der Waals surface area (Å²) < 4.78 is 5.34. The van der Waals surface area contributed by atoms with Gasteiger partial charge >= 0.3 is 0 Å². The largest absolute Gasteiger partial charge is 0.496 e. The number of nitrogens with zero attached hydrogens (tertiary/aromatic N) is 1. The standard InChI is InChI=1S/C28H29N3O4/c1-3-19-12-14-22(15-13-19)31-18-21(16-26(31)32)27(33)30-24-10-6-5-9-23(24)28(34)29-17-20-8-4-7-11-25(20)35-2/h4-15,21H,3,16-18H2,1-2H3,(H,29,34)(H,30,33)/t21-/m0/s1. The zero-order valence-electron chi connectivity index (χ0n) is 19.9. The van der Waals surface area contributed by atoms with Crippen molar-refractivity contribution in [3.63, 3.8) is 0 Å². The summed E-state index contributed by atoms with van der Waals surface area (Å²) in [5.74, 6) is -0.493. The zero-order valence-corrected chi connectivity index (χ0v) is 19.9. The van der Waals surface area contributed by atoms with Crippen molar-refractivity contribution in [1.82, 2.24) is 5.32 Å². The Morgan fingerprint density at radius 1 is 1.00 bits per heavy atom. The molecule has 1 aliphatic rings. The van der Waals surface area contributed by atoms with Gasteiger partial charge in [-0.25, -0.2) is 0 Å². The molecule has 7 heteroatoms. The number of rotatable bonds is 8. The molecule has 0 unspecified atom stereocenters. The van der Waals surface area contributed by atoms with Gasteiger partial charge in [0.2, 0.25) is 11.8 Å². The molecule has 7 nitrogen and oxygen atoms in total. The first-order valence-corrected chi connectivity index (χ1v) is 11.7. The van der Waals surface area contributed by atoms with E-state index in [1.807, 2.05) is 48.5 Å². The van der Waals surface area contributed by atoms with Gasteiger partial charge < -0.3 is 20.3 Å². The van der Waals surface area contributed by atoms with Crippen molar-refractivity contribution in [3.8, 4) is 5.75 Å². The number of para-hydroxylation sites is 2. The molecule has 1 fully saturated rings. The smallest absolute Gasteiger partial charge is 0.253 e. The van der Waals surface area contributed by atoms with Crippen molar-refractivity contribution in [3.05, 3.63) is 89.5 Å². The van der Waals surface area contributed by atoms with E-state index in [-0.39, 0.29) is 30.7 Å². The molecular weight excluding hydrogens is 442 g/mol. The van der Waals surface area contributed by atoms with Gasteiger partial charge in [-0.2, -0.15) is 0 Å². The minimum Gasteiger partial charge on any atom is -0.496 e. The Labute approximate surface area is 205 Å². The van der Waals surface area contributed by atoms with Crippen molar-refractivity contribution in [2.75, 3.05) is 23.9 Å². The van der Waals surface area contributed by atoms with E-state index in [9.17, 15) is 14.4 Å². The average molecular weight is 472 g/mol. The number of aryl methyl sites for hydroxylation is 1. The highest BCUT2D eigenvalue weighted by Crippen LogP contribution is 2.27. The fraction of sp³-hybridized carbons (Fsp3) is 0.250. The maximum atomic E-state index is 13.0. The van der Waals surface area contributed by atoms with Crippen LogP contribution in [0.1, 0.15) is 34.8 Å². The van der Waals surface area contributed by atoms with Crippen molar-refractivity contribution in [2.45, 2.75) is 26.3 Å². The Morgan fingerprint density at radius 3 is 2.46 bits per heavy atom. The van der Waals surface area contributed by atoms with E-state index >= 15 is 0 Å². The number of nitrogens with one attached hydrogen (secondary N) is 2. The highest BCUT2D eigenvalue weighted by atomic mass is 16.5. The van der Waals surface area contributed by atoms with Gasteiger partial charge in [-0.1, -0.05) is 49.4 Å². The minimum absolute atomic E-state index is 0.0859. The normalized spacial score (nSPS) is 15.1. The first-order valence-electron chi connectivity index (χ1n) is 11.7. The van der Waals surface area contributed by atoms with Crippen molar-refractivity contribution in [1.29, 1.82) is 0 Å². The molecule has 1 saturated heterocycles. The average Bonchev–Trinajstić information content (AvgIpc) is 3.29. The second-order valence-electron chi connectivity index (χ2n) is 8.45. The Balaban J connectivity index is 1.42. The number of anilines is 2. The molecule has 0 bridgehead atoms. The van der Waals surface area contributed by atoms with E-state index < -0.39 is 5.92 Å². The van der Waals surface area contributed by atoms with Crippen LogP contribution in [-0.2, 0) is 22.6 Å². The monoisotopic (exact) mass is 471 g/mol. The lowest BCUT2D eigenvalue weighted by molar-refractivity contribution is -0.122. The lowest BCUT2D eigenvalue weighted by Gasteiger charge is -2.17. The van der Waals surface area contributed by atoms with E-state index in [0.717, 1.165) is 17.7 Å². The molecule has 180 valence electrons. The molecule has 35 heavy (non-hydrogen) atoms. The summed E-state index contributed by atoms with van der Waals surface area (Å²) in [4.78, 5) is 40.2. The second-order valence-corrected chi connectivity index (χ2v) is 8.45. The Morgan fingerprint density at radius 2 is 1.71 bits per heavy atom. The summed E-state index contributed by atoms with van der Waals surface area (Å²) in [6.07, 6.45) is 1.05. The number of ether oxygens (including phenoxy) is 1. The number of carbonyl (C=O) groups is 3. The maximum Gasteiger partial charge on any atom is 0.253 e. The highest BCUT2D eigenvalue weighted by molar-refractivity contribution is 6.07. The number of carbonyl (C=O) groups excluding carboxylic acids is 3. The predicted octanol–water partition coefficient (Wildman–Crippen LogP) is 4.18. The first kappa shape index (κ1) is 24.0. The molecule has 3 amide bonds. The number of benzene rings is 3. The molecule has 1 atom stereocenters. The third-order valence-corrected chi connectivity index (χ3v) is 6.21. The molecule has 2 N–H and O–H groups in total. The third-order valence-electron chi connectivity index (χ3n) is 6.21. The van der Waals surface area contributed by atoms with Gasteiger partial charge in [0.25, 0.3) is 5.91 Å². The summed E-state index contributed by atoms with van der Waals surface area (Å²) in [6.45, 7) is 2.67. The third kappa shape index (κ3) is 5.51. The van der Waals surface area contributed by atoms with Crippen LogP contribution in [0.25, 0.3) is 0 Å². The highest BCUT2D eigenvalue weighted by Gasteiger charge is 2.35. The molecule has 0 aliphatic carbocycles. The number of hydrogen-bond acceptors (Lipinski definition) is 4. The van der Waals surface area contributed by atoms with Crippen LogP contribution in [0.15, 0.2) is 72.8 Å². The van der Waals surface area contributed by atoms with Gasteiger partial charge in [-0.15, -0.1) is 0 Å². The van der Waals surface area contributed by atoms with E-state index in [4.69, 9.17) is 4.74 Å². The van der Waals surface area contributed by atoms with Gasteiger partial charge in [0.15, 0.2) is 0 Å².